The molecule has 316 valence electrons. The number of fused-ring (bicyclic) bond motifs is 4. The third-order valence-electron chi connectivity index (χ3n) is 12.1. The van der Waals surface area contributed by atoms with Crippen molar-refractivity contribution in [3.8, 4) is 50.9 Å². The summed E-state index contributed by atoms with van der Waals surface area (Å²) in [6.07, 6.45) is 9.88. The van der Waals surface area contributed by atoms with Crippen LogP contribution in [0.25, 0.3) is 49.7 Å². The predicted molar refractivity (Wildman–Crippen MR) is 261 cm³/mol. The van der Waals surface area contributed by atoms with Gasteiger partial charge in [-0.2, -0.15) is 0 Å². The van der Waals surface area contributed by atoms with Crippen LogP contribution in [0.3, 0.4) is 0 Å². The van der Waals surface area contributed by atoms with Crippen molar-refractivity contribution in [1.82, 2.24) is 4.57 Å². The Kier molecular flexibility index (Phi) is 11.3. The van der Waals surface area contributed by atoms with Gasteiger partial charge in [0.15, 0.2) is 0 Å². The van der Waals surface area contributed by atoms with Crippen molar-refractivity contribution in [2.24, 2.45) is 0 Å². The van der Waals surface area contributed by atoms with Crippen LogP contribution in [0, 0.1) is 41.5 Å². The Hall–Kier alpha value is -7.18. The smallest absolute Gasteiger partial charge is 0.147 e. The lowest BCUT2D eigenvalue weighted by Crippen LogP contribution is -2.19. The van der Waals surface area contributed by atoms with E-state index < -0.39 is 0 Å². The van der Waals surface area contributed by atoms with Crippen molar-refractivity contribution in [3.63, 3.8) is 0 Å². The van der Waals surface area contributed by atoms with Crippen LogP contribution >= 0.6 is 0 Å². The third kappa shape index (κ3) is 7.94. The second-order valence-electron chi connectivity index (χ2n) is 17.0. The Morgan fingerprint density at radius 3 is 1.57 bits per heavy atom. The van der Waals surface area contributed by atoms with Crippen molar-refractivity contribution >= 4 is 33.2 Å². The fourth-order valence-corrected chi connectivity index (χ4v) is 9.38. The topological polar surface area (TPSA) is 67.1 Å². The first kappa shape index (κ1) is 41.2. The molecule has 0 unspecified atom stereocenters. The highest BCUT2D eigenvalue weighted by Gasteiger charge is 2.24. The normalized spacial score (nSPS) is 13.7. The Balaban J connectivity index is 0.995. The second-order valence-corrected chi connectivity index (χ2v) is 17.0. The zero-order chi connectivity index (χ0) is 43.8. The molecule has 0 aliphatic carbocycles. The van der Waals surface area contributed by atoms with E-state index >= 15 is 0 Å². The van der Waals surface area contributed by atoms with E-state index in [1.807, 2.05) is 18.2 Å². The fourth-order valence-electron chi connectivity index (χ4n) is 9.38. The molecule has 1 aliphatic heterocycles. The molecule has 0 amide bonds. The molecule has 0 radical (unpaired) electrons. The zero-order valence-corrected chi connectivity index (χ0v) is 37.0. The van der Waals surface area contributed by atoms with Crippen LogP contribution in [0.1, 0.15) is 45.4 Å². The number of rotatable bonds is 10. The van der Waals surface area contributed by atoms with Crippen LogP contribution in [0.15, 0.2) is 146 Å². The number of allylic oxidation sites excluding steroid dienone is 3. The molecule has 0 saturated heterocycles. The van der Waals surface area contributed by atoms with E-state index in [2.05, 4.69) is 178 Å². The number of hydrogen-bond acceptors (Lipinski definition) is 5. The highest BCUT2D eigenvalue weighted by molar-refractivity contribution is 6.09. The summed E-state index contributed by atoms with van der Waals surface area (Å²) in [4.78, 5) is 2.20. The summed E-state index contributed by atoms with van der Waals surface area (Å²) in [6, 6.07) is 41.8. The number of benzene rings is 7. The van der Waals surface area contributed by atoms with Gasteiger partial charge >= 0.3 is 0 Å². The fraction of sp³-hybridized carbons (Fsp3) is 0.193. The first-order chi connectivity index (χ1) is 30.6. The van der Waals surface area contributed by atoms with E-state index in [0.717, 1.165) is 112 Å². The molecule has 1 aliphatic rings. The first-order valence-corrected chi connectivity index (χ1v) is 21.9. The second kappa shape index (κ2) is 17.3. The molecule has 6 heteroatoms. The monoisotopic (exact) mass is 830 g/mol. The molecule has 0 bridgehead atoms. The van der Waals surface area contributed by atoms with Crippen LogP contribution in [0.2, 0.25) is 0 Å². The third-order valence-corrected chi connectivity index (χ3v) is 12.1. The minimum Gasteiger partial charge on any atom is -0.505 e. The molecule has 6 nitrogen and oxygen atoms in total. The highest BCUT2D eigenvalue weighted by Crippen LogP contribution is 2.47. The van der Waals surface area contributed by atoms with Crippen LogP contribution in [-0.4, -0.2) is 34.5 Å². The highest BCUT2D eigenvalue weighted by atomic mass is 16.5. The average Bonchev–Trinajstić information content (AvgIpc) is 3.64. The predicted octanol–water partition coefficient (Wildman–Crippen LogP) is 14.0. The molecule has 0 atom stereocenters. The molecule has 0 spiro atoms. The van der Waals surface area contributed by atoms with Gasteiger partial charge in [-0.1, -0.05) is 91.0 Å². The molecule has 2 heterocycles. The molecule has 8 aromatic rings. The largest absolute Gasteiger partial charge is 0.505 e. The summed E-state index contributed by atoms with van der Waals surface area (Å²) in [7, 11) is 0. The summed E-state index contributed by atoms with van der Waals surface area (Å²) >= 11 is 0. The van der Waals surface area contributed by atoms with Crippen molar-refractivity contribution < 1.29 is 19.7 Å². The van der Waals surface area contributed by atoms with Crippen LogP contribution in [0.5, 0.6) is 23.0 Å². The first-order valence-electron chi connectivity index (χ1n) is 21.9. The van der Waals surface area contributed by atoms with Crippen LogP contribution < -0.4 is 14.4 Å². The van der Waals surface area contributed by atoms with Gasteiger partial charge in [-0.25, -0.2) is 0 Å². The van der Waals surface area contributed by atoms with Gasteiger partial charge < -0.3 is 29.2 Å². The van der Waals surface area contributed by atoms with Gasteiger partial charge in [-0.15, -0.1) is 0 Å². The lowest BCUT2D eigenvalue weighted by atomic mass is 9.95. The maximum Gasteiger partial charge on any atom is 0.147 e. The van der Waals surface area contributed by atoms with E-state index in [1.54, 1.807) is 0 Å². The number of hydrogen-bond donors (Lipinski definition) is 2. The van der Waals surface area contributed by atoms with E-state index in [4.69, 9.17) is 9.47 Å². The minimum atomic E-state index is 0.203. The molecule has 0 saturated carbocycles. The van der Waals surface area contributed by atoms with Gasteiger partial charge in [0, 0.05) is 51.7 Å². The van der Waals surface area contributed by atoms with Crippen molar-refractivity contribution in [2.75, 3.05) is 24.7 Å². The summed E-state index contributed by atoms with van der Waals surface area (Å²) < 4.78 is 15.5. The van der Waals surface area contributed by atoms with E-state index in [9.17, 15) is 10.2 Å². The van der Waals surface area contributed by atoms with E-state index in [1.165, 1.54) is 5.56 Å². The summed E-state index contributed by atoms with van der Waals surface area (Å²) in [6.45, 7) is 13.9. The lowest BCUT2D eigenvalue weighted by molar-refractivity contribution is 0.247. The number of aromatic nitrogens is 1. The number of anilines is 2. The molecule has 2 N–H and O–H groups in total. The van der Waals surface area contributed by atoms with Gasteiger partial charge in [-0.05, 0) is 142 Å². The minimum absolute atomic E-state index is 0.203. The maximum atomic E-state index is 12.2. The van der Waals surface area contributed by atoms with E-state index in [0.29, 0.717) is 26.2 Å². The summed E-state index contributed by atoms with van der Waals surface area (Å²) in [5.41, 5.74) is 15.3. The van der Waals surface area contributed by atoms with E-state index in [-0.39, 0.29) is 11.5 Å². The molecule has 7 aromatic carbocycles. The van der Waals surface area contributed by atoms with Crippen LogP contribution in [-0.2, 0) is 6.42 Å². The number of nitrogens with zero attached hydrogens (tertiary/aromatic N) is 2. The van der Waals surface area contributed by atoms with Gasteiger partial charge in [0.1, 0.15) is 23.0 Å². The molecule has 0 fully saturated rings. The SMILES string of the molecule is Cc1cc(C)c(OCCCOc2c(C)cc(C)cc2-c2cc(C)cc(-n3c4ccccc4c4ccccc43)c2O)c(-c2cc(C)cc(N3C/C=C\C=C/Cc4ccccc43)c2O)c1. The Morgan fingerprint density at radius 1 is 0.492 bits per heavy atom. The number of phenols is 2. The van der Waals surface area contributed by atoms with Gasteiger partial charge in [0.2, 0.25) is 0 Å². The van der Waals surface area contributed by atoms with Crippen molar-refractivity contribution in [2.45, 2.75) is 54.4 Å². The number of aryl methyl sites for hydroxylation is 6. The number of ether oxygens (including phenoxy) is 2. The number of para-hydroxylation sites is 3. The van der Waals surface area contributed by atoms with Gasteiger partial charge in [0.05, 0.1) is 35.6 Å². The van der Waals surface area contributed by atoms with Crippen molar-refractivity contribution in [1.29, 1.82) is 0 Å². The lowest BCUT2D eigenvalue weighted by Gasteiger charge is -2.28. The summed E-state index contributed by atoms with van der Waals surface area (Å²) in [5, 5.41) is 26.7. The molecule has 63 heavy (non-hydrogen) atoms. The quantitative estimate of drug-likeness (QED) is 0.134. The van der Waals surface area contributed by atoms with Crippen LogP contribution in [0.4, 0.5) is 11.4 Å². The molecule has 9 rings (SSSR count). The maximum absolute atomic E-state index is 12.2. The van der Waals surface area contributed by atoms with Crippen molar-refractivity contribution in [3.05, 3.63) is 185 Å². The standard InChI is InChI=1S/C57H54N2O4/c1-36-28-40(5)56(47(32-36)45-30-38(3)34-52(54(45)60)58-25-16-8-7-9-18-42-19-10-13-22-49(42)58)62-26-17-27-63-57-41(6)29-37(2)33-48(57)46-31-39(4)35-53(55(46)61)59-50-23-14-11-20-43(50)44-21-12-15-24-51(44)59/h7-16,19-24,28-35,60-61H,17-18,25-27H2,1-6H3/b9-7-,16-8-. The Morgan fingerprint density at radius 2 is 0.968 bits per heavy atom. The average molecular weight is 831 g/mol. The zero-order valence-electron chi connectivity index (χ0n) is 37.0. The van der Waals surface area contributed by atoms with Gasteiger partial charge in [0.25, 0.3) is 0 Å². The summed E-state index contributed by atoms with van der Waals surface area (Å²) in [5.74, 6) is 1.91. The number of phenolic OH excluding ortho intramolecular Hbond substituents is 2. The number of aromatic hydroxyl groups is 2. The molecular weight excluding hydrogens is 777 g/mol. The molecule has 1 aromatic heterocycles. The Bertz CT molecular complexity index is 3040. The Labute approximate surface area is 370 Å². The molecular formula is C57H54N2O4. The van der Waals surface area contributed by atoms with Gasteiger partial charge in [-0.3, -0.25) is 0 Å².